The molecule has 1 N–H and O–H groups in total. The highest BCUT2D eigenvalue weighted by molar-refractivity contribution is 5.80. The zero-order valence-corrected chi connectivity index (χ0v) is 18.0. The SMILES string of the molecule is Cn1c(=O)c2c(ncn2CCCCCC[NH+]2C3CCC2CC(=O)C3)n(C)c1=O.[Cl-]. The predicted molar refractivity (Wildman–Crippen MR) is 106 cm³/mol. The number of unbranched alkanes of at least 4 members (excludes halogenated alkanes) is 3. The van der Waals surface area contributed by atoms with Crippen molar-refractivity contribution in [2.75, 3.05) is 6.54 Å². The highest BCUT2D eigenvalue weighted by Crippen LogP contribution is 2.20. The van der Waals surface area contributed by atoms with Crippen molar-refractivity contribution in [3.63, 3.8) is 0 Å². The molecule has 4 heterocycles. The lowest BCUT2D eigenvalue weighted by Gasteiger charge is -2.30. The van der Waals surface area contributed by atoms with E-state index in [2.05, 4.69) is 4.98 Å². The number of aryl methyl sites for hydroxylation is 2. The molecule has 0 spiro atoms. The number of Topliss-reactive ketones (excluding diaryl/α,β-unsaturated/α-hetero) is 1. The molecule has 4 rings (SSSR count). The van der Waals surface area contributed by atoms with E-state index in [1.165, 1.54) is 43.8 Å². The van der Waals surface area contributed by atoms with Crippen LogP contribution in [-0.4, -0.2) is 43.1 Å². The summed E-state index contributed by atoms with van der Waals surface area (Å²) in [5.41, 5.74) is 0.323. The molecular formula is C20H30ClN5O3. The first kappa shape index (κ1) is 21.8. The fraction of sp³-hybridized carbons (Fsp3) is 0.700. The van der Waals surface area contributed by atoms with Crippen LogP contribution in [0.4, 0.5) is 0 Å². The molecule has 8 nitrogen and oxygen atoms in total. The summed E-state index contributed by atoms with van der Waals surface area (Å²) in [4.78, 5) is 42.1. The largest absolute Gasteiger partial charge is 1.00 e. The van der Waals surface area contributed by atoms with E-state index >= 15 is 0 Å². The number of hydrogen-bond donors (Lipinski definition) is 1. The molecule has 2 aromatic heterocycles. The van der Waals surface area contributed by atoms with Crippen molar-refractivity contribution in [1.82, 2.24) is 18.7 Å². The van der Waals surface area contributed by atoms with Gasteiger partial charge in [-0.15, -0.1) is 0 Å². The van der Waals surface area contributed by atoms with Gasteiger partial charge in [0.25, 0.3) is 5.56 Å². The van der Waals surface area contributed by atoms with Gasteiger partial charge in [0.15, 0.2) is 11.2 Å². The minimum atomic E-state index is -0.348. The topological polar surface area (TPSA) is 83.3 Å². The van der Waals surface area contributed by atoms with Crippen LogP contribution in [-0.2, 0) is 25.4 Å². The second-order valence-corrected chi connectivity index (χ2v) is 8.47. The molecule has 2 atom stereocenters. The summed E-state index contributed by atoms with van der Waals surface area (Å²) < 4.78 is 4.44. The Bertz CT molecular complexity index is 992. The van der Waals surface area contributed by atoms with E-state index < -0.39 is 0 Å². The van der Waals surface area contributed by atoms with Crippen molar-refractivity contribution in [2.45, 2.75) is 70.0 Å². The molecule has 0 aliphatic carbocycles. The van der Waals surface area contributed by atoms with Gasteiger partial charge in [-0.2, -0.15) is 0 Å². The van der Waals surface area contributed by atoms with E-state index in [0.29, 0.717) is 29.0 Å². The molecule has 0 amide bonds. The van der Waals surface area contributed by atoms with E-state index in [1.807, 2.05) is 4.57 Å². The average molecular weight is 424 g/mol. The quantitative estimate of drug-likeness (QED) is 0.475. The Kier molecular flexibility index (Phi) is 6.63. The number of halogens is 1. The summed E-state index contributed by atoms with van der Waals surface area (Å²) in [6, 6.07) is 1.15. The van der Waals surface area contributed by atoms with Gasteiger partial charge in [0.05, 0.1) is 37.8 Å². The maximum Gasteiger partial charge on any atom is 0.332 e. The van der Waals surface area contributed by atoms with Crippen molar-refractivity contribution in [1.29, 1.82) is 0 Å². The molecule has 9 heteroatoms. The molecule has 2 aliphatic heterocycles. The molecule has 160 valence electrons. The third-order valence-electron chi connectivity index (χ3n) is 6.69. The summed E-state index contributed by atoms with van der Waals surface area (Å²) in [5.74, 6) is 0.465. The zero-order chi connectivity index (χ0) is 19.8. The van der Waals surface area contributed by atoms with Crippen molar-refractivity contribution in [2.24, 2.45) is 14.1 Å². The van der Waals surface area contributed by atoms with Crippen LogP contribution >= 0.6 is 0 Å². The molecule has 0 aromatic carbocycles. The number of fused-ring (bicyclic) bond motifs is 3. The Morgan fingerprint density at radius 2 is 1.66 bits per heavy atom. The first-order chi connectivity index (χ1) is 13.5. The Balaban J connectivity index is 0.00000240. The molecule has 0 saturated carbocycles. The molecule has 2 bridgehead atoms. The first-order valence-electron chi connectivity index (χ1n) is 10.5. The molecule has 2 unspecified atom stereocenters. The van der Waals surface area contributed by atoms with Gasteiger partial charge in [0.2, 0.25) is 0 Å². The van der Waals surface area contributed by atoms with Gasteiger partial charge >= 0.3 is 5.69 Å². The zero-order valence-electron chi connectivity index (χ0n) is 17.2. The Labute approximate surface area is 175 Å². The van der Waals surface area contributed by atoms with Crippen LogP contribution in [0.5, 0.6) is 0 Å². The van der Waals surface area contributed by atoms with Crippen LogP contribution in [0, 0.1) is 0 Å². The number of carbonyl (C=O) groups excluding carboxylic acids is 1. The summed E-state index contributed by atoms with van der Waals surface area (Å²) in [7, 11) is 3.15. The number of rotatable bonds is 7. The average Bonchev–Trinajstić information content (AvgIpc) is 3.20. The second-order valence-electron chi connectivity index (χ2n) is 8.47. The number of nitrogens with zero attached hydrogens (tertiary/aromatic N) is 4. The Hall–Kier alpha value is -1.93. The van der Waals surface area contributed by atoms with Crippen LogP contribution in [0.15, 0.2) is 15.9 Å². The molecule has 2 fully saturated rings. The number of imidazole rings is 1. The van der Waals surface area contributed by atoms with Crippen molar-refractivity contribution < 1.29 is 22.1 Å². The van der Waals surface area contributed by atoms with E-state index in [4.69, 9.17) is 0 Å². The van der Waals surface area contributed by atoms with Crippen LogP contribution in [0.25, 0.3) is 11.2 Å². The second kappa shape index (κ2) is 8.83. The highest BCUT2D eigenvalue weighted by atomic mass is 35.5. The molecule has 2 aliphatic rings. The number of nitrogens with one attached hydrogen (secondary N) is 1. The summed E-state index contributed by atoms with van der Waals surface area (Å²) in [6.07, 6.45) is 10.1. The van der Waals surface area contributed by atoms with Gasteiger partial charge in [-0.1, -0.05) is 6.42 Å². The number of ketones is 1. The van der Waals surface area contributed by atoms with E-state index in [1.54, 1.807) is 18.3 Å². The summed E-state index contributed by atoms with van der Waals surface area (Å²) in [6.45, 7) is 1.92. The summed E-state index contributed by atoms with van der Waals surface area (Å²) in [5, 5.41) is 0. The smallest absolute Gasteiger partial charge is 0.332 e. The predicted octanol–water partition coefficient (Wildman–Crippen LogP) is -3.22. The fourth-order valence-electron chi connectivity index (χ4n) is 5.15. The van der Waals surface area contributed by atoms with Gasteiger partial charge in [0.1, 0.15) is 5.78 Å². The Morgan fingerprint density at radius 1 is 1.00 bits per heavy atom. The monoisotopic (exact) mass is 423 g/mol. The molecular weight excluding hydrogens is 394 g/mol. The lowest BCUT2D eigenvalue weighted by molar-refractivity contribution is -0.937. The highest BCUT2D eigenvalue weighted by Gasteiger charge is 2.43. The number of aromatic nitrogens is 4. The van der Waals surface area contributed by atoms with Crippen LogP contribution < -0.4 is 28.6 Å². The van der Waals surface area contributed by atoms with Gasteiger partial charge in [-0.05, 0) is 19.3 Å². The number of piperidine rings is 1. The number of carbonyl (C=O) groups is 1. The van der Waals surface area contributed by atoms with Crippen molar-refractivity contribution >= 4 is 16.9 Å². The normalized spacial score (nSPS) is 23.5. The molecule has 0 radical (unpaired) electrons. The molecule has 2 aromatic rings. The molecule has 29 heavy (non-hydrogen) atoms. The minimum Gasteiger partial charge on any atom is -1.00 e. The minimum absolute atomic E-state index is 0. The van der Waals surface area contributed by atoms with Crippen LogP contribution in [0.3, 0.4) is 0 Å². The van der Waals surface area contributed by atoms with Crippen molar-refractivity contribution in [3.05, 3.63) is 27.2 Å². The van der Waals surface area contributed by atoms with Gasteiger partial charge in [0, 0.05) is 33.5 Å². The fourth-order valence-corrected chi connectivity index (χ4v) is 5.15. The Morgan fingerprint density at radius 3 is 2.34 bits per heavy atom. The molecule has 2 saturated heterocycles. The van der Waals surface area contributed by atoms with Gasteiger partial charge in [-0.3, -0.25) is 18.7 Å². The van der Waals surface area contributed by atoms with E-state index in [9.17, 15) is 14.4 Å². The van der Waals surface area contributed by atoms with Crippen molar-refractivity contribution in [3.8, 4) is 0 Å². The first-order valence-corrected chi connectivity index (χ1v) is 10.5. The lowest BCUT2D eigenvalue weighted by Crippen LogP contribution is -3.18. The van der Waals surface area contributed by atoms with E-state index in [-0.39, 0.29) is 23.7 Å². The van der Waals surface area contributed by atoms with Crippen LogP contribution in [0.2, 0.25) is 0 Å². The maximum absolute atomic E-state index is 12.4. The van der Waals surface area contributed by atoms with Gasteiger partial charge < -0.3 is 21.9 Å². The van der Waals surface area contributed by atoms with Crippen LogP contribution in [0.1, 0.15) is 51.4 Å². The number of hydrogen-bond acceptors (Lipinski definition) is 4. The number of quaternary nitrogens is 1. The lowest BCUT2D eigenvalue weighted by atomic mass is 10.0. The van der Waals surface area contributed by atoms with E-state index in [0.717, 1.165) is 36.8 Å². The third kappa shape index (κ3) is 4.05. The third-order valence-corrected chi connectivity index (χ3v) is 6.69. The van der Waals surface area contributed by atoms with Gasteiger partial charge in [-0.25, -0.2) is 9.78 Å². The maximum atomic E-state index is 12.4. The standard InChI is InChI=1S/C20H29N5O3.ClH/c1-22-18-17(19(27)23(2)20(22)28)24(13-21-18)9-5-3-4-6-10-25-14-7-8-15(25)12-16(26)11-14;/h13-15H,3-12H2,1-2H3;1H. The summed E-state index contributed by atoms with van der Waals surface area (Å²) >= 11 is 0.